The van der Waals surface area contributed by atoms with E-state index in [1.165, 1.54) is 6.08 Å². The molecule has 2 amide bonds. The molecule has 0 saturated heterocycles. The molecule has 118 valence electrons. The second-order valence-electron chi connectivity index (χ2n) is 6.43. The monoisotopic (exact) mass is 300 g/mol. The van der Waals surface area contributed by atoms with Gasteiger partial charge in [-0.1, -0.05) is 19.1 Å². The minimum Gasteiger partial charge on any atom is -0.349 e. The summed E-state index contributed by atoms with van der Waals surface area (Å²) in [6, 6.07) is 7.61. The lowest BCUT2D eigenvalue weighted by atomic mass is 10.0. The van der Waals surface area contributed by atoms with Crippen molar-refractivity contribution in [3.05, 3.63) is 41.5 Å². The maximum Gasteiger partial charge on any atom is 0.251 e. The minimum atomic E-state index is -0.202. The molecule has 0 aliphatic heterocycles. The van der Waals surface area contributed by atoms with Gasteiger partial charge in [0.05, 0.1) is 0 Å². The maximum absolute atomic E-state index is 11.9. The van der Waals surface area contributed by atoms with Crippen LogP contribution in [0.2, 0.25) is 0 Å². The highest BCUT2D eigenvalue weighted by Gasteiger charge is 2.23. The summed E-state index contributed by atoms with van der Waals surface area (Å²) in [5, 5.41) is 5.90. The van der Waals surface area contributed by atoms with Crippen LogP contribution >= 0.6 is 0 Å². The number of rotatable bonds is 6. The van der Waals surface area contributed by atoms with E-state index >= 15 is 0 Å². The molecule has 0 spiro atoms. The molecule has 0 unspecified atom stereocenters. The van der Waals surface area contributed by atoms with Gasteiger partial charge in [0.25, 0.3) is 5.91 Å². The predicted octanol–water partition coefficient (Wildman–Crippen LogP) is 2.90. The van der Waals surface area contributed by atoms with Gasteiger partial charge in [-0.05, 0) is 56.9 Å². The van der Waals surface area contributed by atoms with E-state index in [4.69, 9.17) is 0 Å². The average molecular weight is 300 g/mol. The van der Waals surface area contributed by atoms with E-state index in [-0.39, 0.29) is 17.4 Å². The first kappa shape index (κ1) is 16.3. The quantitative estimate of drug-likeness (QED) is 0.794. The fourth-order valence-corrected chi connectivity index (χ4v) is 1.88. The largest absolute Gasteiger partial charge is 0.349 e. The lowest BCUT2D eigenvalue weighted by Gasteiger charge is -2.23. The van der Waals surface area contributed by atoms with Crippen molar-refractivity contribution in [3.63, 3.8) is 0 Å². The van der Waals surface area contributed by atoms with Crippen molar-refractivity contribution < 1.29 is 9.59 Å². The van der Waals surface area contributed by atoms with E-state index in [0.717, 1.165) is 24.8 Å². The number of hydrogen-bond acceptors (Lipinski definition) is 2. The van der Waals surface area contributed by atoms with Crippen LogP contribution in [0.4, 0.5) is 0 Å². The third-order valence-electron chi connectivity index (χ3n) is 3.86. The van der Waals surface area contributed by atoms with Crippen LogP contribution < -0.4 is 10.6 Å². The summed E-state index contributed by atoms with van der Waals surface area (Å²) in [7, 11) is 0. The highest BCUT2D eigenvalue weighted by molar-refractivity contribution is 5.95. The zero-order chi connectivity index (χ0) is 16.2. The van der Waals surface area contributed by atoms with E-state index in [1.54, 1.807) is 18.2 Å². The van der Waals surface area contributed by atoms with E-state index in [1.807, 2.05) is 32.9 Å². The fourth-order valence-electron chi connectivity index (χ4n) is 1.88. The Labute approximate surface area is 132 Å². The molecule has 0 aromatic heterocycles. The molecule has 0 atom stereocenters. The summed E-state index contributed by atoms with van der Waals surface area (Å²) < 4.78 is 0. The second-order valence-corrected chi connectivity index (χ2v) is 6.43. The van der Waals surface area contributed by atoms with Gasteiger partial charge in [0.2, 0.25) is 5.91 Å². The molecule has 1 aromatic carbocycles. The highest BCUT2D eigenvalue weighted by Crippen LogP contribution is 2.19. The molecule has 2 N–H and O–H groups in total. The molecule has 1 fully saturated rings. The van der Waals surface area contributed by atoms with Gasteiger partial charge in [-0.2, -0.15) is 0 Å². The molecule has 22 heavy (non-hydrogen) atoms. The van der Waals surface area contributed by atoms with Crippen molar-refractivity contribution in [2.75, 3.05) is 0 Å². The molecule has 1 saturated carbocycles. The molecule has 1 aliphatic carbocycles. The van der Waals surface area contributed by atoms with Crippen molar-refractivity contribution in [2.24, 2.45) is 0 Å². The van der Waals surface area contributed by atoms with Crippen LogP contribution in [0.3, 0.4) is 0 Å². The van der Waals surface area contributed by atoms with Crippen molar-refractivity contribution in [2.45, 2.75) is 51.6 Å². The number of benzene rings is 1. The van der Waals surface area contributed by atoms with Gasteiger partial charge >= 0.3 is 0 Å². The Morgan fingerprint density at radius 3 is 2.41 bits per heavy atom. The fraction of sp³-hybridized carbons (Fsp3) is 0.444. The Bertz CT molecular complexity index is 569. The van der Waals surface area contributed by atoms with Crippen molar-refractivity contribution in [1.82, 2.24) is 10.6 Å². The number of carbonyl (C=O) groups excluding carboxylic acids is 2. The van der Waals surface area contributed by atoms with Gasteiger partial charge in [0, 0.05) is 23.2 Å². The molecule has 4 nitrogen and oxygen atoms in total. The summed E-state index contributed by atoms with van der Waals surface area (Å²) in [5.41, 5.74) is 1.35. The van der Waals surface area contributed by atoms with E-state index in [0.29, 0.717) is 11.6 Å². The first-order chi connectivity index (χ1) is 10.4. The van der Waals surface area contributed by atoms with Gasteiger partial charge in [0.1, 0.15) is 0 Å². The number of hydrogen-bond donors (Lipinski definition) is 2. The summed E-state index contributed by atoms with van der Waals surface area (Å²) in [6.45, 7) is 6.02. The van der Waals surface area contributed by atoms with Crippen LogP contribution in [0, 0.1) is 0 Å². The standard InChI is InChI=1S/C18H24N2O2/c1-4-18(2,3)20-16(21)12-7-13-5-8-14(9-6-13)17(22)19-15-10-11-15/h5-9,12,15H,4,10-11H2,1-3H3,(H,19,22)(H,20,21)/b12-7+. The number of amides is 2. The Morgan fingerprint density at radius 1 is 1.23 bits per heavy atom. The molecule has 4 heteroatoms. The third kappa shape index (κ3) is 5.02. The van der Waals surface area contributed by atoms with Gasteiger partial charge in [-0.25, -0.2) is 0 Å². The van der Waals surface area contributed by atoms with Crippen LogP contribution in [0.25, 0.3) is 6.08 Å². The smallest absolute Gasteiger partial charge is 0.251 e. The molecular weight excluding hydrogens is 276 g/mol. The number of carbonyl (C=O) groups is 2. The van der Waals surface area contributed by atoms with Crippen LogP contribution in [0.15, 0.2) is 30.3 Å². The third-order valence-corrected chi connectivity index (χ3v) is 3.86. The lowest BCUT2D eigenvalue weighted by molar-refractivity contribution is -0.118. The molecule has 1 aliphatic rings. The van der Waals surface area contributed by atoms with Gasteiger partial charge in [0.15, 0.2) is 0 Å². The van der Waals surface area contributed by atoms with Crippen molar-refractivity contribution >= 4 is 17.9 Å². The van der Waals surface area contributed by atoms with Gasteiger partial charge in [-0.15, -0.1) is 0 Å². The molecule has 2 rings (SSSR count). The maximum atomic E-state index is 11.9. The molecular formula is C18H24N2O2. The Hall–Kier alpha value is -2.10. The van der Waals surface area contributed by atoms with Crippen molar-refractivity contribution in [1.29, 1.82) is 0 Å². The summed E-state index contributed by atoms with van der Waals surface area (Å²) >= 11 is 0. The van der Waals surface area contributed by atoms with Crippen LogP contribution in [0.1, 0.15) is 56.0 Å². The van der Waals surface area contributed by atoms with Gasteiger partial charge < -0.3 is 10.6 Å². The zero-order valence-electron chi connectivity index (χ0n) is 13.5. The van der Waals surface area contributed by atoms with E-state index < -0.39 is 0 Å². The summed E-state index contributed by atoms with van der Waals surface area (Å²) in [5.74, 6) is -0.136. The molecule has 1 aromatic rings. The van der Waals surface area contributed by atoms with Crippen LogP contribution in [-0.2, 0) is 4.79 Å². The Balaban J connectivity index is 1.91. The lowest BCUT2D eigenvalue weighted by Crippen LogP contribution is -2.41. The number of nitrogens with one attached hydrogen (secondary N) is 2. The Kier molecular flexibility index (Phi) is 5.01. The SMILES string of the molecule is CCC(C)(C)NC(=O)/C=C/c1ccc(C(=O)NC2CC2)cc1. The molecule has 0 bridgehead atoms. The van der Waals surface area contributed by atoms with E-state index in [2.05, 4.69) is 10.6 Å². The second kappa shape index (κ2) is 6.77. The Morgan fingerprint density at radius 2 is 1.86 bits per heavy atom. The first-order valence-electron chi connectivity index (χ1n) is 7.81. The predicted molar refractivity (Wildman–Crippen MR) is 88.5 cm³/mol. The van der Waals surface area contributed by atoms with Gasteiger partial charge in [-0.3, -0.25) is 9.59 Å². The van der Waals surface area contributed by atoms with Crippen LogP contribution in [0.5, 0.6) is 0 Å². The zero-order valence-corrected chi connectivity index (χ0v) is 13.5. The minimum absolute atomic E-state index is 0.0273. The summed E-state index contributed by atoms with van der Waals surface area (Å²) in [6.07, 6.45) is 6.31. The molecule has 0 radical (unpaired) electrons. The highest BCUT2D eigenvalue weighted by atomic mass is 16.2. The normalized spacial score (nSPS) is 14.9. The van der Waals surface area contributed by atoms with Crippen molar-refractivity contribution in [3.8, 4) is 0 Å². The average Bonchev–Trinajstić information content (AvgIpc) is 3.29. The molecule has 0 heterocycles. The topological polar surface area (TPSA) is 58.2 Å². The first-order valence-corrected chi connectivity index (χ1v) is 7.81. The summed E-state index contributed by atoms with van der Waals surface area (Å²) in [4.78, 5) is 23.7. The van der Waals surface area contributed by atoms with Crippen LogP contribution in [-0.4, -0.2) is 23.4 Å². The van der Waals surface area contributed by atoms with E-state index in [9.17, 15) is 9.59 Å².